The Morgan fingerprint density at radius 2 is 1.87 bits per heavy atom. The van der Waals surface area contributed by atoms with E-state index >= 15 is 0 Å². The van der Waals surface area contributed by atoms with Crippen LogP contribution in [0, 0.1) is 17.8 Å². The van der Waals surface area contributed by atoms with E-state index < -0.39 is 0 Å². The molecule has 2 unspecified atom stereocenters. The van der Waals surface area contributed by atoms with E-state index in [-0.39, 0.29) is 11.6 Å². The van der Waals surface area contributed by atoms with Crippen molar-refractivity contribution in [1.82, 2.24) is 0 Å². The molecule has 2 heteroatoms. The van der Waals surface area contributed by atoms with E-state index in [0.29, 0.717) is 11.5 Å². The monoisotopic (exact) mass is 206 g/mol. The zero-order valence-electron chi connectivity index (χ0n) is 9.29. The largest absolute Gasteiger partial charge is 0.455 e. The number of esters is 1. The summed E-state index contributed by atoms with van der Waals surface area (Å²) in [4.78, 5) is 11.6. The minimum Gasteiger partial charge on any atom is -0.455 e. The molecule has 0 saturated heterocycles. The molecular weight excluding hydrogens is 188 g/mol. The minimum absolute atomic E-state index is 0.0797. The summed E-state index contributed by atoms with van der Waals surface area (Å²) in [7, 11) is 0. The summed E-state index contributed by atoms with van der Waals surface area (Å²) < 4.78 is 5.75. The highest BCUT2D eigenvalue weighted by atomic mass is 16.6. The lowest BCUT2D eigenvalue weighted by Crippen LogP contribution is -2.36. The average molecular weight is 206 g/mol. The van der Waals surface area contributed by atoms with Crippen molar-refractivity contribution < 1.29 is 9.53 Å². The molecule has 0 amide bonds. The molecule has 0 aromatic heterocycles. The lowest BCUT2D eigenvalue weighted by atomic mass is 9.81. The van der Waals surface area contributed by atoms with Crippen LogP contribution in [0.2, 0.25) is 0 Å². The predicted octanol–water partition coefficient (Wildman–Crippen LogP) is 2.68. The van der Waals surface area contributed by atoms with Gasteiger partial charge in [-0.05, 0) is 56.8 Å². The van der Waals surface area contributed by atoms with Gasteiger partial charge in [-0.25, -0.2) is 4.79 Å². The molecule has 0 radical (unpaired) electrons. The summed E-state index contributed by atoms with van der Waals surface area (Å²) in [6.07, 6.45) is 6.20. The van der Waals surface area contributed by atoms with Crippen LogP contribution < -0.4 is 0 Å². The van der Waals surface area contributed by atoms with E-state index in [9.17, 15) is 4.79 Å². The Labute approximate surface area is 90.7 Å². The SMILES string of the molecule is C=C(C)C(=O)OC12CC3CC(CC1C3)C2. The Bertz CT molecular complexity index is 317. The number of carbonyl (C=O) groups is 1. The quantitative estimate of drug-likeness (QED) is 0.513. The van der Waals surface area contributed by atoms with Gasteiger partial charge in [0, 0.05) is 5.57 Å². The number of hydrogen-bond acceptors (Lipinski definition) is 2. The van der Waals surface area contributed by atoms with Crippen molar-refractivity contribution >= 4 is 5.97 Å². The van der Waals surface area contributed by atoms with Crippen molar-refractivity contribution in [2.45, 2.75) is 44.6 Å². The number of hydrogen-bond donors (Lipinski definition) is 0. The third-order valence-electron chi connectivity index (χ3n) is 4.56. The summed E-state index contributed by atoms with van der Waals surface area (Å²) in [5, 5.41) is 0. The van der Waals surface area contributed by atoms with Crippen molar-refractivity contribution in [3.8, 4) is 0 Å². The molecule has 2 atom stereocenters. The van der Waals surface area contributed by atoms with Crippen molar-refractivity contribution in [2.75, 3.05) is 0 Å². The molecule has 4 aliphatic carbocycles. The first-order valence-electron chi connectivity index (χ1n) is 5.98. The maximum absolute atomic E-state index is 11.6. The second kappa shape index (κ2) is 2.87. The maximum atomic E-state index is 11.6. The molecule has 0 heterocycles. The molecule has 4 bridgehead atoms. The molecule has 4 rings (SSSR count). The summed E-state index contributed by atoms with van der Waals surface area (Å²) in [6, 6.07) is 0. The Hall–Kier alpha value is -0.790. The highest BCUT2D eigenvalue weighted by Crippen LogP contribution is 2.62. The van der Waals surface area contributed by atoms with Crippen LogP contribution >= 0.6 is 0 Å². The Morgan fingerprint density at radius 1 is 1.27 bits per heavy atom. The molecule has 4 fully saturated rings. The van der Waals surface area contributed by atoms with Gasteiger partial charge < -0.3 is 4.74 Å². The van der Waals surface area contributed by atoms with E-state index in [2.05, 4.69) is 6.58 Å². The summed E-state index contributed by atoms with van der Waals surface area (Å²) in [6.45, 7) is 5.40. The van der Waals surface area contributed by atoms with Gasteiger partial charge in [-0.15, -0.1) is 0 Å². The topological polar surface area (TPSA) is 26.3 Å². The molecule has 82 valence electrons. The van der Waals surface area contributed by atoms with Crippen molar-refractivity contribution in [1.29, 1.82) is 0 Å². The molecule has 4 aliphatic rings. The van der Waals surface area contributed by atoms with E-state index in [0.717, 1.165) is 24.7 Å². The van der Waals surface area contributed by atoms with E-state index in [4.69, 9.17) is 4.74 Å². The van der Waals surface area contributed by atoms with Crippen LogP contribution in [-0.2, 0) is 9.53 Å². The van der Waals surface area contributed by atoms with E-state index in [1.54, 1.807) is 6.92 Å². The number of ether oxygens (including phenoxy) is 1. The average Bonchev–Trinajstić information content (AvgIpc) is 2.50. The van der Waals surface area contributed by atoms with E-state index in [1.807, 2.05) is 0 Å². The number of carbonyl (C=O) groups excluding carboxylic acids is 1. The Kier molecular flexibility index (Phi) is 1.80. The van der Waals surface area contributed by atoms with Gasteiger partial charge in [0.05, 0.1) is 0 Å². The predicted molar refractivity (Wildman–Crippen MR) is 57.2 cm³/mol. The smallest absolute Gasteiger partial charge is 0.333 e. The van der Waals surface area contributed by atoms with Crippen LogP contribution in [-0.4, -0.2) is 11.6 Å². The van der Waals surface area contributed by atoms with Gasteiger partial charge in [-0.2, -0.15) is 0 Å². The van der Waals surface area contributed by atoms with Crippen LogP contribution in [0.1, 0.15) is 39.0 Å². The van der Waals surface area contributed by atoms with Gasteiger partial charge in [0.1, 0.15) is 5.60 Å². The van der Waals surface area contributed by atoms with Gasteiger partial charge in [0.25, 0.3) is 0 Å². The Balaban J connectivity index is 1.81. The second-order valence-electron chi connectivity index (χ2n) is 5.78. The van der Waals surface area contributed by atoms with Crippen molar-refractivity contribution in [2.24, 2.45) is 17.8 Å². The van der Waals surface area contributed by atoms with Crippen molar-refractivity contribution in [3.05, 3.63) is 12.2 Å². The molecule has 0 spiro atoms. The first-order chi connectivity index (χ1) is 7.09. The van der Waals surface area contributed by atoms with Crippen LogP contribution in [0.3, 0.4) is 0 Å². The Morgan fingerprint density at radius 3 is 2.40 bits per heavy atom. The zero-order chi connectivity index (χ0) is 10.6. The normalized spacial score (nSPS) is 45.8. The molecule has 0 aliphatic heterocycles. The molecule has 4 saturated carbocycles. The first kappa shape index (κ1) is 9.44. The summed E-state index contributed by atoms with van der Waals surface area (Å²) in [5.74, 6) is 2.15. The van der Waals surface area contributed by atoms with E-state index in [1.165, 1.54) is 19.3 Å². The lowest BCUT2D eigenvalue weighted by Gasteiger charge is -2.32. The maximum Gasteiger partial charge on any atom is 0.333 e. The van der Waals surface area contributed by atoms with Gasteiger partial charge >= 0.3 is 5.97 Å². The lowest BCUT2D eigenvalue weighted by molar-refractivity contribution is -0.158. The first-order valence-corrected chi connectivity index (χ1v) is 5.98. The molecule has 0 aromatic carbocycles. The molecule has 0 aromatic rings. The third kappa shape index (κ3) is 1.27. The fraction of sp³-hybridized carbons (Fsp3) is 0.769. The minimum atomic E-state index is -0.178. The standard InChI is InChI=1S/C13H18O2/c1-8(2)12(14)15-13-6-9-3-10(7-13)5-11(13)4-9/h9-11H,1,3-7H2,2H3. The van der Waals surface area contributed by atoms with Gasteiger partial charge in [-0.1, -0.05) is 6.58 Å². The van der Waals surface area contributed by atoms with Crippen molar-refractivity contribution in [3.63, 3.8) is 0 Å². The third-order valence-corrected chi connectivity index (χ3v) is 4.56. The zero-order valence-corrected chi connectivity index (χ0v) is 9.29. The highest BCUT2D eigenvalue weighted by Gasteiger charge is 2.60. The molecule has 2 nitrogen and oxygen atoms in total. The fourth-order valence-corrected chi connectivity index (χ4v) is 4.16. The van der Waals surface area contributed by atoms with Gasteiger partial charge in [0.15, 0.2) is 0 Å². The summed E-state index contributed by atoms with van der Waals surface area (Å²) >= 11 is 0. The van der Waals surface area contributed by atoms with Crippen LogP contribution in [0.25, 0.3) is 0 Å². The number of rotatable bonds is 2. The highest BCUT2D eigenvalue weighted by molar-refractivity contribution is 5.87. The molecule has 15 heavy (non-hydrogen) atoms. The molecule has 0 N–H and O–H groups in total. The van der Waals surface area contributed by atoms with Crippen LogP contribution in [0.15, 0.2) is 12.2 Å². The van der Waals surface area contributed by atoms with Gasteiger partial charge in [0.2, 0.25) is 0 Å². The van der Waals surface area contributed by atoms with Crippen LogP contribution in [0.5, 0.6) is 0 Å². The van der Waals surface area contributed by atoms with Gasteiger partial charge in [-0.3, -0.25) is 0 Å². The summed E-state index contributed by atoms with van der Waals surface area (Å²) in [5.41, 5.74) is 0.458. The fourth-order valence-electron chi connectivity index (χ4n) is 4.16. The molecular formula is C13H18O2. The second-order valence-corrected chi connectivity index (χ2v) is 5.78. The van der Waals surface area contributed by atoms with Crippen LogP contribution in [0.4, 0.5) is 0 Å².